The normalized spacial score (nSPS) is 18.8. The summed E-state index contributed by atoms with van der Waals surface area (Å²) in [4.78, 5) is 25.9. The van der Waals surface area contributed by atoms with E-state index in [9.17, 15) is 9.59 Å². The molecule has 2 amide bonds. The highest BCUT2D eigenvalue weighted by Gasteiger charge is 2.32. The first-order valence-electron chi connectivity index (χ1n) is 5.73. The van der Waals surface area contributed by atoms with E-state index in [2.05, 4.69) is 0 Å². The summed E-state index contributed by atoms with van der Waals surface area (Å²) in [6.07, 6.45) is 0.812. The fraction of sp³-hybridized carbons (Fsp3) is 0.727. The van der Waals surface area contributed by atoms with Crippen molar-refractivity contribution in [3.05, 3.63) is 0 Å². The van der Waals surface area contributed by atoms with Crippen LogP contribution in [0.1, 0.15) is 19.8 Å². The molecule has 0 aromatic carbocycles. The summed E-state index contributed by atoms with van der Waals surface area (Å²) in [6, 6.07) is 1.84. The maximum Gasteiger partial charge on any atom is 0.320 e. The van der Waals surface area contributed by atoms with Crippen molar-refractivity contribution in [2.24, 2.45) is 5.92 Å². The van der Waals surface area contributed by atoms with E-state index in [1.165, 1.54) is 0 Å². The van der Waals surface area contributed by atoms with Crippen LogP contribution in [0.5, 0.6) is 0 Å². The Labute approximate surface area is 100 Å². The van der Waals surface area contributed by atoms with Gasteiger partial charge in [0.25, 0.3) is 0 Å². The largest absolute Gasteiger partial charge is 0.481 e. The standard InChI is InChI=1S/C11H17N3O3/c1-2-13(6-3-5-12)11(17)14-7-4-9(8-14)10(15)16/h9H,2-4,6-8H2,1H3,(H,15,16). The van der Waals surface area contributed by atoms with E-state index in [4.69, 9.17) is 10.4 Å². The molecule has 0 radical (unpaired) electrons. The molecule has 1 unspecified atom stereocenters. The zero-order valence-corrected chi connectivity index (χ0v) is 9.93. The number of likely N-dealkylation sites (tertiary alicyclic amines) is 1. The predicted molar refractivity (Wildman–Crippen MR) is 60.2 cm³/mol. The van der Waals surface area contributed by atoms with Crippen molar-refractivity contribution in [1.29, 1.82) is 5.26 Å². The van der Waals surface area contributed by atoms with E-state index in [1.54, 1.807) is 9.80 Å². The first-order valence-corrected chi connectivity index (χ1v) is 5.73. The number of carbonyl (C=O) groups is 2. The van der Waals surface area contributed by atoms with Gasteiger partial charge < -0.3 is 14.9 Å². The summed E-state index contributed by atoms with van der Waals surface area (Å²) in [5.74, 6) is -1.30. The number of hydrogen-bond acceptors (Lipinski definition) is 3. The molecule has 0 aromatic heterocycles. The van der Waals surface area contributed by atoms with E-state index >= 15 is 0 Å². The van der Waals surface area contributed by atoms with Crippen molar-refractivity contribution in [2.45, 2.75) is 19.8 Å². The molecular formula is C11H17N3O3. The number of urea groups is 1. The molecule has 1 fully saturated rings. The Bertz CT molecular complexity index is 337. The van der Waals surface area contributed by atoms with Gasteiger partial charge in [0.2, 0.25) is 0 Å². The average molecular weight is 239 g/mol. The first-order chi connectivity index (χ1) is 8.10. The van der Waals surface area contributed by atoms with Crippen LogP contribution in [0.2, 0.25) is 0 Å². The lowest BCUT2D eigenvalue weighted by molar-refractivity contribution is -0.141. The zero-order valence-electron chi connectivity index (χ0n) is 9.93. The molecule has 6 nitrogen and oxygen atoms in total. The molecule has 6 heteroatoms. The van der Waals surface area contributed by atoms with Crippen LogP contribution in [0.3, 0.4) is 0 Å². The number of amides is 2. The molecule has 0 spiro atoms. The summed E-state index contributed by atoms with van der Waals surface area (Å²) in [5.41, 5.74) is 0. The Morgan fingerprint density at radius 3 is 2.76 bits per heavy atom. The summed E-state index contributed by atoms with van der Waals surface area (Å²) >= 11 is 0. The third kappa shape index (κ3) is 3.34. The highest BCUT2D eigenvalue weighted by Crippen LogP contribution is 2.17. The Kier molecular flexibility index (Phi) is 4.76. The Morgan fingerprint density at radius 1 is 1.59 bits per heavy atom. The third-order valence-electron chi connectivity index (χ3n) is 2.95. The summed E-state index contributed by atoms with van der Waals surface area (Å²) in [5, 5.41) is 17.3. The lowest BCUT2D eigenvalue weighted by Gasteiger charge is -2.26. The second-order valence-electron chi connectivity index (χ2n) is 4.04. The molecule has 0 saturated carbocycles. The van der Waals surface area contributed by atoms with E-state index in [0.29, 0.717) is 32.5 Å². The smallest absolute Gasteiger partial charge is 0.320 e. The van der Waals surface area contributed by atoms with Gasteiger partial charge in [-0.3, -0.25) is 4.79 Å². The number of hydrogen-bond donors (Lipinski definition) is 1. The van der Waals surface area contributed by atoms with Gasteiger partial charge >= 0.3 is 12.0 Å². The average Bonchev–Trinajstić information content (AvgIpc) is 2.79. The van der Waals surface area contributed by atoms with Crippen LogP contribution in [0, 0.1) is 17.2 Å². The minimum Gasteiger partial charge on any atom is -0.481 e. The van der Waals surface area contributed by atoms with Crippen LogP contribution in [0.25, 0.3) is 0 Å². The van der Waals surface area contributed by atoms with Crippen molar-refractivity contribution >= 4 is 12.0 Å². The van der Waals surface area contributed by atoms with Crippen LogP contribution in [-0.2, 0) is 4.79 Å². The topological polar surface area (TPSA) is 84.6 Å². The Morgan fingerprint density at radius 2 is 2.29 bits per heavy atom. The van der Waals surface area contributed by atoms with Gasteiger partial charge in [-0.2, -0.15) is 5.26 Å². The monoisotopic (exact) mass is 239 g/mol. The Balaban J connectivity index is 2.52. The SMILES string of the molecule is CCN(CCC#N)C(=O)N1CCC(C(=O)O)C1. The molecule has 0 aliphatic carbocycles. The van der Waals surface area contributed by atoms with Crippen LogP contribution in [0.4, 0.5) is 4.79 Å². The molecule has 17 heavy (non-hydrogen) atoms. The maximum absolute atomic E-state index is 12.0. The number of aliphatic carboxylic acids is 1. The van der Waals surface area contributed by atoms with Gasteiger partial charge in [-0.1, -0.05) is 0 Å². The number of rotatable bonds is 4. The van der Waals surface area contributed by atoms with Crippen LogP contribution < -0.4 is 0 Å². The molecule has 1 aliphatic heterocycles. The molecule has 0 bridgehead atoms. The molecule has 94 valence electrons. The maximum atomic E-state index is 12.0. The molecule has 1 heterocycles. The van der Waals surface area contributed by atoms with Gasteiger partial charge in [0, 0.05) is 26.2 Å². The number of carboxylic acid groups (broad SMARTS) is 1. The number of nitrogens with zero attached hydrogens (tertiary/aromatic N) is 3. The fourth-order valence-electron chi connectivity index (χ4n) is 1.91. The fourth-order valence-corrected chi connectivity index (χ4v) is 1.91. The van der Waals surface area contributed by atoms with Crippen molar-refractivity contribution in [3.63, 3.8) is 0 Å². The number of carbonyl (C=O) groups excluding carboxylic acids is 1. The highest BCUT2D eigenvalue weighted by atomic mass is 16.4. The van der Waals surface area contributed by atoms with Crippen molar-refractivity contribution in [2.75, 3.05) is 26.2 Å². The quantitative estimate of drug-likeness (QED) is 0.784. The summed E-state index contributed by atoms with van der Waals surface area (Å²) < 4.78 is 0. The van der Waals surface area contributed by atoms with Crippen molar-refractivity contribution < 1.29 is 14.7 Å². The lowest BCUT2D eigenvalue weighted by atomic mass is 10.1. The highest BCUT2D eigenvalue weighted by molar-refractivity contribution is 5.77. The second kappa shape index (κ2) is 6.09. The van der Waals surface area contributed by atoms with Crippen LogP contribution in [0.15, 0.2) is 0 Å². The van der Waals surface area contributed by atoms with Crippen molar-refractivity contribution in [1.82, 2.24) is 9.80 Å². The molecule has 0 aromatic rings. The molecule has 1 N–H and O–H groups in total. The lowest BCUT2D eigenvalue weighted by Crippen LogP contribution is -2.42. The van der Waals surface area contributed by atoms with E-state index in [1.807, 2.05) is 13.0 Å². The first kappa shape index (κ1) is 13.3. The van der Waals surface area contributed by atoms with E-state index in [-0.39, 0.29) is 12.6 Å². The van der Waals surface area contributed by atoms with Crippen LogP contribution >= 0.6 is 0 Å². The van der Waals surface area contributed by atoms with E-state index in [0.717, 1.165) is 0 Å². The molecule has 1 aliphatic rings. The molecular weight excluding hydrogens is 222 g/mol. The van der Waals surface area contributed by atoms with Crippen LogP contribution in [-0.4, -0.2) is 53.1 Å². The predicted octanol–water partition coefficient (Wildman–Crippen LogP) is 0.748. The number of carboxylic acids is 1. The minimum atomic E-state index is -0.847. The minimum absolute atomic E-state index is 0.161. The van der Waals surface area contributed by atoms with Gasteiger partial charge in [-0.15, -0.1) is 0 Å². The van der Waals surface area contributed by atoms with Gasteiger partial charge in [0.05, 0.1) is 18.4 Å². The summed E-state index contributed by atoms with van der Waals surface area (Å²) in [6.45, 7) is 3.55. The molecule has 1 saturated heterocycles. The second-order valence-corrected chi connectivity index (χ2v) is 4.04. The Hall–Kier alpha value is -1.77. The third-order valence-corrected chi connectivity index (χ3v) is 2.95. The molecule has 1 atom stereocenters. The zero-order chi connectivity index (χ0) is 12.8. The van der Waals surface area contributed by atoms with Crippen molar-refractivity contribution in [3.8, 4) is 6.07 Å². The van der Waals surface area contributed by atoms with E-state index < -0.39 is 11.9 Å². The summed E-state index contributed by atoms with van der Waals surface area (Å²) in [7, 11) is 0. The van der Waals surface area contributed by atoms with Gasteiger partial charge in [-0.05, 0) is 13.3 Å². The van der Waals surface area contributed by atoms with Gasteiger partial charge in [-0.25, -0.2) is 4.79 Å². The van der Waals surface area contributed by atoms with Gasteiger partial charge in [0.1, 0.15) is 0 Å². The molecule has 1 rings (SSSR count). The van der Waals surface area contributed by atoms with Gasteiger partial charge in [0.15, 0.2) is 0 Å². The number of nitriles is 1.